The highest BCUT2D eigenvalue weighted by Gasteiger charge is 2.07. The summed E-state index contributed by atoms with van der Waals surface area (Å²) in [6, 6.07) is 5.63. The molecule has 0 fully saturated rings. The van der Waals surface area contributed by atoms with Gasteiger partial charge in [0, 0.05) is 25.4 Å². The van der Waals surface area contributed by atoms with E-state index < -0.39 is 0 Å². The number of hydrogen-bond acceptors (Lipinski definition) is 3. The van der Waals surface area contributed by atoms with Crippen LogP contribution in [0, 0.1) is 6.92 Å². The van der Waals surface area contributed by atoms with Crippen molar-refractivity contribution in [2.75, 3.05) is 5.32 Å². The van der Waals surface area contributed by atoms with Crippen molar-refractivity contribution in [2.24, 2.45) is 7.05 Å². The summed E-state index contributed by atoms with van der Waals surface area (Å²) < 4.78 is 1.80. The molecule has 2 N–H and O–H groups in total. The molecule has 0 bridgehead atoms. The predicted molar refractivity (Wildman–Crippen MR) is 72.8 cm³/mol. The number of nitrogens with zero attached hydrogens (tertiary/aromatic N) is 2. The van der Waals surface area contributed by atoms with Gasteiger partial charge in [-0.05, 0) is 19.4 Å². The smallest absolute Gasteiger partial charge is 0.120 e. The molecule has 0 radical (unpaired) electrons. The van der Waals surface area contributed by atoms with E-state index in [1.54, 1.807) is 10.7 Å². The summed E-state index contributed by atoms with van der Waals surface area (Å²) in [6.45, 7) is 4.70. The average Bonchev–Trinajstić information content (AvgIpc) is 2.71. The summed E-state index contributed by atoms with van der Waals surface area (Å²) in [7, 11) is 1.91. The van der Waals surface area contributed by atoms with E-state index in [4.69, 9.17) is 0 Å². The molecule has 4 nitrogen and oxygen atoms in total. The van der Waals surface area contributed by atoms with Gasteiger partial charge in [-0.2, -0.15) is 5.10 Å². The average molecular weight is 245 g/mol. The van der Waals surface area contributed by atoms with Crippen molar-refractivity contribution in [1.29, 1.82) is 0 Å². The van der Waals surface area contributed by atoms with Crippen molar-refractivity contribution >= 4 is 5.69 Å². The van der Waals surface area contributed by atoms with E-state index in [-0.39, 0.29) is 0 Å². The summed E-state index contributed by atoms with van der Waals surface area (Å²) in [5.74, 6) is 0.329. The molecular weight excluding hydrogens is 226 g/mol. The number of aryl methyl sites for hydroxylation is 3. The first-order valence-corrected chi connectivity index (χ1v) is 6.15. The Hall–Kier alpha value is -1.97. The van der Waals surface area contributed by atoms with E-state index >= 15 is 0 Å². The van der Waals surface area contributed by atoms with E-state index in [0.29, 0.717) is 12.3 Å². The van der Waals surface area contributed by atoms with Gasteiger partial charge in [-0.3, -0.25) is 4.68 Å². The van der Waals surface area contributed by atoms with E-state index in [9.17, 15) is 5.11 Å². The quantitative estimate of drug-likeness (QED) is 0.870. The molecule has 0 aliphatic carbocycles. The standard InChI is InChI=1S/C14H19N3O/c1-4-12-13(9-17(3)16-12)15-8-11-7-10(2)5-6-14(11)18/h5-7,9,15,18H,4,8H2,1-3H3. The number of phenols is 1. The fourth-order valence-corrected chi connectivity index (χ4v) is 1.99. The first kappa shape index (κ1) is 12.5. The van der Waals surface area contributed by atoms with Gasteiger partial charge in [-0.25, -0.2) is 0 Å². The first-order valence-electron chi connectivity index (χ1n) is 6.15. The van der Waals surface area contributed by atoms with E-state index in [0.717, 1.165) is 28.9 Å². The molecule has 0 aliphatic heterocycles. The SMILES string of the molecule is CCc1nn(C)cc1NCc1cc(C)ccc1O. The minimum Gasteiger partial charge on any atom is -0.508 e. The maximum Gasteiger partial charge on any atom is 0.120 e. The minimum absolute atomic E-state index is 0.329. The molecule has 0 spiro atoms. The van der Waals surface area contributed by atoms with Crippen molar-refractivity contribution < 1.29 is 5.11 Å². The molecule has 2 rings (SSSR count). The Kier molecular flexibility index (Phi) is 3.55. The molecule has 96 valence electrons. The maximum absolute atomic E-state index is 9.78. The van der Waals surface area contributed by atoms with Gasteiger partial charge in [0.25, 0.3) is 0 Å². The Balaban J connectivity index is 2.13. The third-order valence-corrected chi connectivity index (χ3v) is 2.94. The van der Waals surface area contributed by atoms with Crippen LogP contribution in [0.15, 0.2) is 24.4 Å². The highest BCUT2D eigenvalue weighted by molar-refractivity contribution is 5.48. The third-order valence-electron chi connectivity index (χ3n) is 2.94. The Morgan fingerprint density at radius 2 is 2.17 bits per heavy atom. The normalized spacial score (nSPS) is 10.6. The molecule has 1 aromatic heterocycles. The molecule has 1 heterocycles. The van der Waals surface area contributed by atoms with E-state index in [1.165, 1.54) is 0 Å². The lowest BCUT2D eigenvalue weighted by Gasteiger charge is -2.08. The molecule has 0 atom stereocenters. The lowest BCUT2D eigenvalue weighted by Crippen LogP contribution is -2.01. The molecule has 0 unspecified atom stereocenters. The molecule has 4 heteroatoms. The highest BCUT2D eigenvalue weighted by atomic mass is 16.3. The number of phenolic OH excluding ortho intramolecular Hbond substituents is 1. The van der Waals surface area contributed by atoms with Gasteiger partial charge in [0.1, 0.15) is 5.75 Å². The minimum atomic E-state index is 0.329. The van der Waals surface area contributed by atoms with Crippen molar-refractivity contribution in [2.45, 2.75) is 26.8 Å². The summed E-state index contributed by atoms with van der Waals surface area (Å²) in [5, 5.41) is 17.5. The zero-order chi connectivity index (χ0) is 13.1. The summed E-state index contributed by atoms with van der Waals surface area (Å²) >= 11 is 0. The van der Waals surface area contributed by atoms with Crippen molar-refractivity contribution in [3.8, 4) is 5.75 Å². The Morgan fingerprint density at radius 1 is 1.39 bits per heavy atom. The van der Waals surface area contributed by atoms with Crippen LogP contribution in [0.3, 0.4) is 0 Å². The Labute approximate surface area is 107 Å². The topological polar surface area (TPSA) is 50.1 Å². The van der Waals surface area contributed by atoms with Crippen LogP contribution < -0.4 is 5.32 Å². The first-order chi connectivity index (χ1) is 8.60. The molecule has 18 heavy (non-hydrogen) atoms. The van der Waals surface area contributed by atoms with Crippen LogP contribution in [0.5, 0.6) is 5.75 Å². The third kappa shape index (κ3) is 2.64. The second-order valence-electron chi connectivity index (χ2n) is 4.50. The fraction of sp³-hybridized carbons (Fsp3) is 0.357. The molecule has 0 saturated heterocycles. The van der Waals surface area contributed by atoms with Gasteiger partial charge in [0.05, 0.1) is 11.4 Å². The molecule has 0 amide bonds. The summed E-state index contributed by atoms with van der Waals surface area (Å²) in [5.41, 5.74) is 4.12. The number of nitrogens with one attached hydrogen (secondary N) is 1. The zero-order valence-electron chi connectivity index (χ0n) is 11.1. The van der Waals surface area contributed by atoms with Crippen molar-refractivity contribution in [3.63, 3.8) is 0 Å². The zero-order valence-corrected chi connectivity index (χ0v) is 11.1. The van der Waals surface area contributed by atoms with Crippen LogP contribution in [0.4, 0.5) is 5.69 Å². The summed E-state index contributed by atoms with van der Waals surface area (Å²) in [4.78, 5) is 0. The fourth-order valence-electron chi connectivity index (χ4n) is 1.99. The molecule has 1 aromatic carbocycles. The van der Waals surface area contributed by atoms with Crippen LogP contribution in [0.25, 0.3) is 0 Å². The maximum atomic E-state index is 9.78. The van der Waals surface area contributed by atoms with Gasteiger partial charge < -0.3 is 10.4 Å². The van der Waals surface area contributed by atoms with Gasteiger partial charge >= 0.3 is 0 Å². The van der Waals surface area contributed by atoms with Crippen LogP contribution in [0.2, 0.25) is 0 Å². The van der Waals surface area contributed by atoms with Gasteiger partial charge in [-0.15, -0.1) is 0 Å². The Morgan fingerprint density at radius 3 is 2.89 bits per heavy atom. The summed E-state index contributed by atoms with van der Waals surface area (Å²) in [6.07, 6.45) is 2.86. The van der Waals surface area contributed by atoms with Crippen LogP contribution in [-0.2, 0) is 20.0 Å². The molecule has 0 saturated carbocycles. The largest absolute Gasteiger partial charge is 0.508 e. The molecule has 0 aliphatic rings. The number of hydrogen-bond donors (Lipinski definition) is 2. The highest BCUT2D eigenvalue weighted by Crippen LogP contribution is 2.21. The van der Waals surface area contributed by atoms with Crippen LogP contribution >= 0.6 is 0 Å². The van der Waals surface area contributed by atoms with Gasteiger partial charge in [-0.1, -0.05) is 24.6 Å². The van der Waals surface area contributed by atoms with Crippen molar-refractivity contribution in [3.05, 3.63) is 41.2 Å². The molecular formula is C14H19N3O. The predicted octanol–water partition coefficient (Wildman–Crippen LogP) is 2.61. The van der Waals surface area contributed by atoms with E-state index in [1.807, 2.05) is 32.3 Å². The van der Waals surface area contributed by atoms with E-state index in [2.05, 4.69) is 17.3 Å². The van der Waals surface area contributed by atoms with Crippen LogP contribution in [-0.4, -0.2) is 14.9 Å². The van der Waals surface area contributed by atoms with Crippen LogP contribution in [0.1, 0.15) is 23.7 Å². The second-order valence-corrected chi connectivity index (χ2v) is 4.50. The van der Waals surface area contributed by atoms with Gasteiger partial charge in [0.15, 0.2) is 0 Å². The lowest BCUT2D eigenvalue weighted by molar-refractivity contribution is 0.469. The Bertz CT molecular complexity index is 546. The monoisotopic (exact) mass is 245 g/mol. The number of benzene rings is 1. The second kappa shape index (κ2) is 5.12. The van der Waals surface area contributed by atoms with Gasteiger partial charge in [0.2, 0.25) is 0 Å². The van der Waals surface area contributed by atoms with Crippen molar-refractivity contribution in [1.82, 2.24) is 9.78 Å². The molecule has 2 aromatic rings. The number of anilines is 1. The number of rotatable bonds is 4. The lowest BCUT2D eigenvalue weighted by atomic mass is 10.1. The number of aromatic nitrogens is 2. The number of aromatic hydroxyl groups is 1.